The summed E-state index contributed by atoms with van der Waals surface area (Å²) in [6.45, 7) is 3.52. The summed E-state index contributed by atoms with van der Waals surface area (Å²) in [5.74, 6) is -0.232. The second-order valence-corrected chi connectivity index (χ2v) is 4.12. The van der Waals surface area contributed by atoms with E-state index in [4.69, 9.17) is 11.6 Å². The zero-order chi connectivity index (χ0) is 14.0. The first-order valence-corrected chi connectivity index (χ1v) is 5.66. The average molecular weight is 283 g/mol. The Morgan fingerprint density at radius 2 is 2.37 bits per heavy atom. The fourth-order valence-electron chi connectivity index (χ4n) is 1.47. The number of methoxy groups -OCH3 is 1. The van der Waals surface area contributed by atoms with Crippen LogP contribution in [0, 0.1) is 0 Å². The van der Waals surface area contributed by atoms with Crippen LogP contribution in [-0.2, 0) is 16.1 Å². The van der Waals surface area contributed by atoms with Crippen molar-refractivity contribution < 1.29 is 14.3 Å². The van der Waals surface area contributed by atoms with Gasteiger partial charge >= 0.3 is 12.0 Å². The fourth-order valence-corrected chi connectivity index (χ4v) is 1.71. The van der Waals surface area contributed by atoms with Crippen LogP contribution in [0.2, 0.25) is 5.02 Å². The number of urea groups is 1. The van der Waals surface area contributed by atoms with Gasteiger partial charge in [-0.05, 0) is 6.08 Å². The number of hydrogen-bond donors (Lipinski definition) is 1. The lowest BCUT2D eigenvalue weighted by Crippen LogP contribution is -2.39. The lowest BCUT2D eigenvalue weighted by Gasteiger charge is -2.21. The molecule has 0 aromatic carbocycles. The molecule has 0 saturated carbocycles. The molecule has 0 atom stereocenters. The van der Waals surface area contributed by atoms with E-state index in [0.717, 1.165) is 0 Å². The van der Waals surface area contributed by atoms with Gasteiger partial charge in [0.15, 0.2) is 5.82 Å². The highest BCUT2D eigenvalue weighted by molar-refractivity contribution is 6.33. The quantitative estimate of drug-likeness (QED) is 0.847. The van der Waals surface area contributed by atoms with Crippen molar-refractivity contribution in [1.82, 2.24) is 15.1 Å². The van der Waals surface area contributed by atoms with Crippen molar-refractivity contribution in [2.24, 2.45) is 0 Å². The number of carbonyl (C=O) groups excluding carboxylic acids is 2. The first-order valence-electron chi connectivity index (χ1n) is 5.28. The van der Waals surface area contributed by atoms with Gasteiger partial charge in [0.1, 0.15) is 11.6 Å². The molecule has 1 aromatic heterocycles. The van der Waals surface area contributed by atoms with Gasteiger partial charge in [0.05, 0.1) is 7.11 Å². The van der Waals surface area contributed by atoms with Gasteiger partial charge in [-0.25, -0.2) is 4.79 Å². The van der Waals surface area contributed by atoms with E-state index >= 15 is 0 Å². The fraction of sp³-hybridized carbons (Fsp3) is 0.182. The Labute approximate surface area is 114 Å². The van der Waals surface area contributed by atoms with Crippen LogP contribution in [0.1, 0.15) is 0 Å². The molecule has 0 radical (unpaired) electrons. The molecule has 1 N–H and O–H groups in total. The van der Waals surface area contributed by atoms with Gasteiger partial charge in [0, 0.05) is 18.1 Å². The van der Waals surface area contributed by atoms with Crippen molar-refractivity contribution >= 4 is 29.4 Å². The topological polar surface area (TPSA) is 76.5 Å². The van der Waals surface area contributed by atoms with E-state index in [1.165, 1.54) is 29.1 Å². The van der Waals surface area contributed by atoms with E-state index in [-0.39, 0.29) is 17.4 Å². The lowest BCUT2D eigenvalue weighted by atomic mass is 10.4. The highest BCUT2D eigenvalue weighted by Gasteiger charge is 2.23. The summed E-state index contributed by atoms with van der Waals surface area (Å²) in [6.07, 6.45) is 4.55. The third-order valence-corrected chi connectivity index (χ3v) is 2.62. The van der Waals surface area contributed by atoms with Crippen molar-refractivity contribution in [3.05, 3.63) is 35.8 Å². The number of esters is 1. The maximum absolute atomic E-state index is 11.7. The summed E-state index contributed by atoms with van der Waals surface area (Å²) in [6, 6.07) is -0.419. The summed E-state index contributed by atoms with van der Waals surface area (Å²) in [5.41, 5.74) is 0.478. The summed E-state index contributed by atoms with van der Waals surface area (Å²) < 4.78 is 5.82. The molecule has 0 bridgehead atoms. The van der Waals surface area contributed by atoms with Crippen molar-refractivity contribution in [1.29, 1.82) is 0 Å². The van der Waals surface area contributed by atoms with Crippen LogP contribution in [0.3, 0.4) is 0 Å². The van der Waals surface area contributed by atoms with Gasteiger partial charge in [-0.15, -0.1) is 0 Å². The maximum atomic E-state index is 11.7. The zero-order valence-corrected chi connectivity index (χ0v) is 10.8. The van der Waals surface area contributed by atoms with Crippen LogP contribution in [0.5, 0.6) is 0 Å². The van der Waals surface area contributed by atoms with Gasteiger partial charge in [-0.2, -0.15) is 5.10 Å². The second kappa shape index (κ2) is 5.15. The number of allylic oxidation sites excluding steroid dienone is 1. The molecule has 7 nitrogen and oxygen atoms in total. The first-order chi connectivity index (χ1) is 9.01. The Morgan fingerprint density at radius 3 is 3.00 bits per heavy atom. The molecule has 2 amide bonds. The molecule has 0 unspecified atom stereocenters. The molecule has 100 valence electrons. The van der Waals surface area contributed by atoms with Crippen LogP contribution in [-0.4, -0.2) is 28.9 Å². The number of halogens is 1. The Kier molecular flexibility index (Phi) is 3.57. The molecule has 1 aromatic rings. The number of rotatable bonds is 3. The summed E-state index contributed by atoms with van der Waals surface area (Å²) in [5, 5.41) is 6.83. The second-order valence-electron chi connectivity index (χ2n) is 3.72. The van der Waals surface area contributed by atoms with E-state index in [9.17, 15) is 9.59 Å². The molecule has 0 saturated heterocycles. The van der Waals surface area contributed by atoms with Crippen LogP contribution in [0.4, 0.5) is 10.6 Å². The minimum absolute atomic E-state index is 0.0812. The number of hydrogen-bond acceptors (Lipinski definition) is 4. The molecule has 0 aliphatic carbocycles. The monoisotopic (exact) mass is 282 g/mol. The van der Waals surface area contributed by atoms with Gasteiger partial charge in [0.25, 0.3) is 0 Å². The average Bonchev–Trinajstić information content (AvgIpc) is 2.70. The zero-order valence-electron chi connectivity index (χ0n) is 10.1. The van der Waals surface area contributed by atoms with E-state index in [2.05, 4.69) is 21.7 Å². The molecule has 8 heteroatoms. The van der Waals surface area contributed by atoms with Crippen LogP contribution >= 0.6 is 11.6 Å². The number of amides is 2. The predicted molar refractivity (Wildman–Crippen MR) is 68.5 cm³/mol. The van der Waals surface area contributed by atoms with Gasteiger partial charge in [-0.1, -0.05) is 18.2 Å². The number of nitrogens with zero attached hydrogens (tertiary/aromatic N) is 3. The lowest BCUT2D eigenvalue weighted by molar-refractivity contribution is -0.141. The molecule has 0 spiro atoms. The summed E-state index contributed by atoms with van der Waals surface area (Å²) in [7, 11) is 1.28. The van der Waals surface area contributed by atoms with E-state index < -0.39 is 12.0 Å². The predicted octanol–water partition coefficient (Wildman–Crippen LogP) is 1.27. The minimum Gasteiger partial charge on any atom is -0.468 e. The molecule has 1 aliphatic rings. The number of aromatic nitrogens is 2. The van der Waals surface area contributed by atoms with E-state index in [1.54, 1.807) is 6.08 Å². The van der Waals surface area contributed by atoms with E-state index in [1.807, 2.05) is 0 Å². The Hall–Kier alpha value is -2.28. The summed E-state index contributed by atoms with van der Waals surface area (Å²) in [4.78, 5) is 24.1. The van der Waals surface area contributed by atoms with Crippen LogP contribution < -0.4 is 10.2 Å². The number of ether oxygens (including phenoxy) is 1. The first kappa shape index (κ1) is 13.2. The summed E-state index contributed by atoms with van der Waals surface area (Å²) >= 11 is 5.99. The maximum Gasteiger partial charge on any atom is 0.331 e. The smallest absolute Gasteiger partial charge is 0.331 e. The SMILES string of the molecule is C=C1C=CN(c2nn(CC(=O)OC)cc2Cl)C(=O)N1. The third kappa shape index (κ3) is 2.76. The van der Waals surface area contributed by atoms with Crippen molar-refractivity contribution in [2.45, 2.75) is 6.54 Å². The molecule has 0 fully saturated rings. The van der Waals surface area contributed by atoms with Gasteiger partial charge < -0.3 is 10.1 Å². The molecule has 19 heavy (non-hydrogen) atoms. The highest BCUT2D eigenvalue weighted by atomic mass is 35.5. The minimum atomic E-state index is -0.460. The third-order valence-electron chi connectivity index (χ3n) is 2.36. The molecular weight excluding hydrogens is 272 g/mol. The Bertz CT molecular complexity index is 578. The molecule has 2 heterocycles. The van der Waals surface area contributed by atoms with Gasteiger partial charge in [0.2, 0.25) is 0 Å². The molecule has 1 aliphatic heterocycles. The highest BCUT2D eigenvalue weighted by Crippen LogP contribution is 2.25. The standard InChI is InChI=1S/C11H11ClN4O3/c1-7-3-4-16(11(18)13-7)10-8(12)5-15(14-10)6-9(17)19-2/h3-5H,1,6H2,2H3,(H,13,18). The van der Waals surface area contributed by atoms with E-state index in [0.29, 0.717) is 5.70 Å². The normalized spacial score (nSPS) is 14.5. The largest absolute Gasteiger partial charge is 0.468 e. The number of nitrogens with one attached hydrogen (secondary N) is 1. The van der Waals surface area contributed by atoms with Crippen molar-refractivity contribution in [3.8, 4) is 0 Å². The Balaban J connectivity index is 2.26. The van der Waals surface area contributed by atoms with Crippen LogP contribution in [0.15, 0.2) is 30.7 Å². The molecule has 2 rings (SSSR count). The van der Waals surface area contributed by atoms with Crippen LogP contribution in [0.25, 0.3) is 0 Å². The van der Waals surface area contributed by atoms with Crippen molar-refractivity contribution in [3.63, 3.8) is 0 Å². The molecular formula is C11H11ClN4O3. The Morgan fingerprint density at radius 1 is 1.63 bits per heavy atom. The van der Waals surface area contributed by atoms with Gasteiger partial charge in [-0.3, -0.25) is 14.4 Å². The number of anilines is 1. The van der Waals surface area contributed by atoms with Crippen molar-refractivity contribution in [2.75, 3.05) is 12.0 Å². The number of carbonyl (C=O) groups is 2.